The van der Waals surface area contributed by atoms with Crippen molar-refractivity contribution in [2.24, 2.45) is 0 Å². The molecule has 2 heterocycles. The van der Waals surface area contributed by atoms with Crippen LogP contribution < -0.4 is 5.32 Å². The lowest BCUT2D eigenvalue weighted by Crippen LogP contribution is -2.14. The van der Waals surface area contributed by atoms with Crippen molar-refractivity contribution >= 4 is 34.5 Å². The number of anilines is 1. The Bertz CT molecular complexity index is 1100. The summed E-state index contributed by atoms with van der Waals surface area (Å²) < 4.78 is 7.30. The third-order valence-corrected chi connectivity index (χ3v) is 4.88. The Morgan fingerprint density at radius 3 is 2.81 bits per heavy atom. The Labute approximate surface area is 159 Å². The fourth-order valence-electron chi connectivity index (χ4n) is 2.65. The van der Waals surface area contributed by atoms with E-state index in [1.165, 1.54) is 17.3 Å². The second kappa shape index (κ2) is 7.24. The van der Waals surface area contributed by atoms with Crippen molar-refractivity contribution in [3.63, 3.8) is 0 Å². The predicted octanol–water partition coefficient (Wildman–Crippen LogP) is 3.76. The number of oxazole rings is 1. The summed E-state index contributed by atoms with van der Waals surface area (Å²) in [6.07, 6.45) is 1.64. The number of aryl methyl sites for hydroxylation is 2. The van der Waals surface area contributed by atoms with Gasteiger partial charge in [0.1, 0.15) is 11.8 Å². The highest BCUT2D eigenvalue weighted by Gasteiger charge is 2.11. The molecule has 0 fully saturated rings. The second-order valence-corrected chi connectivity index (χ2v) is 7.01. The number of hydrogen-bond acceptors (Lipinski definition) is 6. The van der Waals surface area contributed by atoms with Gasteiger partial charge in [-0.1, -0.05) is 29.5 Å². The molecule has 4 aromatic rings. The third kappa shape index (κ3) is 3.85. The van der Waals surface area contributed by atoms with E-state index in [4.69, 9.17) is 4.42 Å². The summed E-state index contributed by atoms with van der Waals surface area (Å²) >= 11 is 1.33. The molecule has 0 saturated heterocycles. The molecular formula is C19H17N5O2S. The SMILES string of the molecule is Cc1ccc(-n2cnnc2SCC(=O)Nc2ccc3oc(C)nc3c2)cc1. The highest BCUT2D eigenvalue weighted by atomic mass is 32.2. The molecule has 0 atom stereocenters. The number of hydrogen-bond donors (Lipinski definition) is 1. The van der Waals surface area contributed by atoms with Gasteiger partial charge in [0.15, 0.2) is 16.6 Å². The van der Waals surface area contributed by atoms with Gasteiger partial charge in [-0.3, -0.25) is 9.36 Å². The van der Waals surface area contributed by atoms with E-state index in [1.807, 2.05) is 35.8 Å². The number of nitrogens with one attached hydrogen (secondary N) is 1. The van der Waals surface area contributed by atoms with E-state index in [0.717, 1.165) is 11.2 Å². The molecule has 8 heteroatoms. The Morgan fingerprint density at radius 1 is 1.19 bits per heavy atom. The van der Waals surface area contributed by atoms with Gasteiger partial charge < -0.3 is 9.73 Å². The number of aromatic nitrogens is 4. The number of thioether (sulfide) groups is 1. The zero-order valence-corrected chi connectivity index (χ0v) is 15.7. The Morgan fingerprint density at radius 2 is 2.00 bits per heavy atom. The maximum absolute atomic E-state index is 12.3. The van der Waals surface area contributed by atoms with Gasteiger partial charge in [0.05, 0.1) is 5.75 Å². The van der Waals surface area contributed by atoms with Crippen LogP contribution >= 0.6 is 11.8 Å². The van der Waals surface area contributed by atoms with Gasteiger partial charge in [0.2, 0.25) is 5.91 Å². The van der Waals surface area contributed by atoms with Crippen molar-refractivity contribution in [2.45, 2.75) is 19.0 Å². The lowest BCUT2D eigenvalue weighted by atomic mass is 10.2. The van der Waals surface area contributed by atoms with Crippen LogP contribution in [0.2, 0.25) is 0 Å². The van der Waals surface area contributed by atoms with Crippen molar-refractivity contribution in [1.82, 2.24) is 19.7 Å². The molecule has 0 spiro atoms. The molecule has 136 valence electrons. The van der Waals surface area contributed by atoms with Gasteiger partial charge >= 0.3 is 0 Å². The number of fused-ring (bicyclic) bond motifs is 1. The highest BCUT2D eigenvalue weighted by Crippen LogP contribution is 2.22. The largest absolute Gasteiger partial charge is 0.441 e. The molecule has 0 bridgehead atoms. The first kappa shape index (κ1) is 17.3. The molecule has 1 N–H and O–H groups in total. The van der Waals surface area contributed by atoms with Crippen molar-refractivity contribution < 1.29 is 9.21 Å². The Hall–Kier alpha value is -3.13. The number of benzene rings is 2. The maximum Gasteiger partial charge on any atom is 0.234 e. The molecule has 0 saturated carbocycles. The Kier molecular flexibility index (Phi) is 4.64. The van der Waals surface area contributed by atoms with Crippen LogP contribution in [-0.2, 0) is 4.79 Å². The van der Waals surface area contributed by atoms with Crippen molar-refractivity contribution in [1.29, 1.82) is 0 Å². The van der Waals surface area contributed by atoms with E-state index in [9.17, 15) is 4.79 Å². The molecule has 7 nitrogen and oxygen atoms in total. The van der Waals surface area contributed by atoms with Crippen molar-refractivity contribution in [3.8, 4) is 5.69 Å². The molecule has 0 aliphatic carbocycles. The first-order chi connectivity index (χ1) is 13.1. The lowest BCUT2D eigenvalue weighted by molar-refractivity contribution is -0.113. The summed E-state index contributed by atoms with van der Waals surface area (Å²) in [5.41, 5.74) is 4.24. The number of rotatable bonds is 5. The van der Waals surface area contributed by atoms with E-state index >= 15 is 0 Å². The third-order valence-electron chi connectivity index (χ3n) is 3.94. The van der Waals surface area contributed by atoms with Gasteiger partial charge in [-0.05, 0) is 37.3 Å². The molecule has 27 heavy (non-hydrogen) atoms. The van der Waals surface area contributed by atoms with E-state index < -0.39 is 0 Å². The number of amides is 1. The summed E-state index contributed by atoms with van der Waals surface area (Å²) in [5.74, 6) is 0.693. The van der Waals surface area contributed by atoms with Gasteiger partial charge in [-0.2, -0.15) is 0 Å². The molecule has 0 aliphatic heterocycles. The average Bonchev–Trinajstić information content (AvgIpc) is 3.25. The average molecular weight is 379 g/mol. The molecule has 2 aromatic carbocycles. The van der Waals surface area contributed by atoms with Crippen LogP contribution in [0.1, 0.15) is 11.5 Å². The van der Waals surface area contributed by atoms with E-state index in [0.29, 0.717) is 22.3 Å². The molecule has 0 radical (unpaired) electrons. The maximum atomic E-state index is 12.3. The van der Waals surface area contributed by atoms with E-state index in [2.05, 4.69) is 20.5 Å². The summed E-state index contributed by atoms with van der Waals surface area (Å²) in [7, 11) is 0. The number of carbonyl (C=O) groups is 1. The molecule has 0 unspecified atom stereocenters. The topological polar surface area (TPSA) is 85.8 Å². The highest BCUT2D eigenvalue weighted by molar-refractivity contribution is 7.99. The van der Waals surface area contributed by atoms with Crippen LogP contribution in [-0.4, -0.2) is 31.4 Å². The van der Waals surface area contributed by atoms with Crippen LogP contribution in [0.25, 0.3) is 16.8 Å². The molecular weight excluding hydrogens is 362 g/mol. The minimum atomic E-state index is -0.127. The summed E-state index contributed by atoms with van der Waals surface area (Å²) in [5, 5.41) is 11.6. The fourth-order valence-corrected chi connectivity index (χ4v) is 3.38. The molecule has 1 amide bonds. The van der Waals surface area contributed by atoms with Gasteiger partial charge in [-0.15, -0.1) is 10.2 Å². The minimum Gasteiger partial charge on any atom is -0.441 e. The standard InChI is InChI=1S/C19H17N5O2S/c1-12-3-6-15(7-4-12)24-11-20-23-19(24)27-10-18(25)22-14-5-8-17-16(9-14)21-13(2)26-17/h3-9,11H,10H2,1-2H3,(H,22,25). The zero-order chi connectivity index (χ0) is 18.8. The quantitative estimate of drug-likeness (QED) is 0.532. The molecule has 4 rings (SSSR count). The van der Waals surface area contributed by atoms with Crippen molar-refractivity contribution in [3.05, 3.63) is 60.2 Å². The smallest absolute Gasteiger partial charge is 0.234 e. The van der Waals surface area contributed by atoms with Crippen LogP contribution in [0.4, 0.5) is 5.69 Å². The molecule has 2 aromatic heterocycles. The lowest BCUT2D eigenvalue weighted by Gasteiger charge is -2.07. The van der Waals surface area contributed by atoms with E-state index in [-0.39, 0.29) is 11.7 Å². The summed E-state index contributed by atoms with van der Waals surface area (Å²) in [6, 6.07) is 13.4. The first-order valence-electron chi connectivity index (χ1n) is 8.35. The van der Waals surface area contributed by atoms with E-state index in [1.54, 1.807) is 31.5 Å². The summed E-state index contributed by atoms with van der Waals surface area (Å²) in [6.45, 7) is 3.83. The molecule has 0 aliphatic rings. The van der Waals surface area contributed by atoms with Gasteiger partial charge in [-0.25, -0.2) is 4.98 Å². The van der Waals surface area contributed by atoms with Gasteiger partial charge in [0, 0.05) is 18.3 Å². The van der Waals surface area contributed by atoms with Crippen LogP contribution in [0.15, 0.2) is 58.4 Å². The minimum absolute atomic E-state index is 0.127. The van der Waals surface area contributed by atoms with Crippen LogP contribution in [0.5, 0.6) is 0 Å². The van der Waals surface area contributed by atoms with Crippen LogP contribution in [0, 0.1) is 13.8 Å². The number of carbonyl (C=O) groups excluding carboxylic acids is 1. The van der Waals surface area contributed by atoms with Gasteiger partial charge in [0.25, 0.3) is 0 Å². The van der Waals surface area contributed by atoms with Crippen LogP contribution in [0.3, 0.4) is 0 Å². The normalized spacial score (nSPS) is 11.0. The van der Waals surface area contributed by atoms with Crippen molar-refractivity contribution in [2.75, 3.05) is 11.1 Å². The fraction of sp³-hybridized carbons (Fsp3) is 0.158. The first-order valence-corrected chi connectivity index (χ1v) is 9.34. The predicted molar refractivity (Wildman–Crippen MR) is 104 cm³/mol. The Balaban J connectivity index is 1.42. The number of nitrogens with zero attached hydrogens (tertiary/aromatic N) is 4. The second-order valence-electron chi connectivity index (χ2n) is 6.07. The monoisotopic (exact) mass is 379 g/mol. The summed E-state index contributed by atoms with van der Waals surface area (Å²) in [4.78, 5) is 16.6. The zero-order valence-electron chi connectivity index (χ0n) is 14.8.